The number of piperidine rings is 1. The van der Waals surface area contributed by atoms with E-state index < -0.39 is 0 Å². The van der Waals surface area contributed by atoms with Crippen LogP contribution in [0.4, 0.5) is 0 Å². The molecular formula is C10H16ClNO. The van der Waals surface area contributed by atoms with Gasteiger partial charge in [-0.2, -0.15) is 0 Å². The van der Waals surface area contributed by atoms with Gasteiger partial charge in [0.2, 0.25) is 5.91 Å². The lowest BCUT2D eigenvalue weighted by molar-refractivity contribution is -0.135. The third kappa shape index (κ3) is 1.98. The number of rotatable bonds is 2. The summed E-state index contributed by atoms with van der Waals surface area (Å²) in [5, 5.41) is 0. The van der Waals surface area contributed by atoms with Gasteiger partial charge in [-0.15, -0.1) is 11.6 Å². The van der Waals surface area contributed by atoms with Crippen LogP contribution in [-0.4, -0.2) is 29.3 Å². The number of hydrogen-bond donors (Lipinski definition) is 0. The number of amides is 1. The van der Waals surface area contributed by atoms with Gasteiger partial charge in [0.1, 0.15) is 0 Å². The van der Waals surface area contributed by atoms with E-state index in [0.29, 0.717) is 23.7 Å². The molecule has 1 amide bonds. The molecule has 0 spiro atoms. The average Bonchev–Trinajstić information content (AvgIpc) is 3.00. The fraction of sp³-hybridized carbons (Fsp3) is 0.900. The first kappa shape index (κ1) is 9.32. The molecule has 13 heavy (non-hydrogen) atoms. The van der Waals surface area contributed by atoms with Crippen LogP contribution in [0.25, 0.3) is 0 Å². The smallest absolute Gasteiger partial charge is 0.225 e. The third-order valence-corrected chi connectivity index (χ3v) is 3.37. The molecule has 74 valence electrons. The SMILES string of the molecule is O=C(C1CC1)N1CCCCC1CCl. The highest BCUT2D eigenvalue weighted by atomic mass is 35.5. The number of nitrogens with zero attached hydrogens (tertiary/aromatic N) is 1. The topological polar surface area (TPSA) is 20.3 Å². The Bertz CT molecular complexity index is 203. The van der Waals surface area contributed by atoms with E-state index in [9.17, 15) is 4.79 Å². The largest absolute Gasteiger partial charge is 0.338 e. The summed E-state index contributed by atoms with van der Waals surface area (Å²) in [5.74, 6) is 1.33. The van der Waals surface area contributed by atoms with E-state index in [1.54, 1.807) is 0 Å². The molecule has 1 unspecified atom stereocenters. The summed E-state index contributed by atoms with van der Waals surface area (Å²) in [6.45, 7) is 0.937. The fourth-order valence-electron chi connectivity index (χ4n) is 2.02. The normalized spacial score (nSPS) is 29.0. The summed E-state index contributed by atoms with van der Waals surface area (Å²) in [7, 11) is 0. The van der Waals surface area contributed by atoms with Gasteiger partial charge in [0.25, 0.3) is 0 Å². The number of likely N-dealkylation sites (tertiary alicyclic amines) is 1. The van der Waals surface area contributed by atoms with Crippen LogP contribution in [0.1, 0.15) is 32.1 Å². The molecule has 1 heterocycles. The van der Waals surface area contributed by atoms with Crippen molar-refractivity contribution < 1.29 is 4.79 Å². The molecule has 0 aromatic heterocycles. The van der Waals surface area contributed by atoms with Gasteiger partial charge in [0.15, 0.2) is 0 Å². The van der Waals surface area contributed by atoms with Crippen LogP contribution in [0.2, 0.25) is 0 Å². The third-order valence-electron chi connectivity index (χ3n) is 3.01. The van der Waals surface area contributed by atoms with Crippen LogP contribution >= 0.6 is 11.6 Å². The van der Waals surface area contributed by atoms with Crippen molar-refractivity contribution in [3.63, 3.8) is 0 Å². The predicted octanol–water partition coefficient (Wildman–Crippen LogP) is 2.02. The van der Waals surface area contributed by atoms with Crippen LogP contribution in [0.5, 0.6) is 0 Å². The van der Waals surface area contributed by atoms with Crippen LogP contribution < -0.4 is 0 Å². The van der Waals surface area contributed by atoms with Crippen LogP contribution in [-0.2, 0) is 4.79 Å². The standard InChI is InChI=1S/C10H16ClNO/c11-7-9-3-1-2-6-12(9)10(13)8-4-5-8/h8-9H,1-7H2. The molecule has 1 aliphatic heterocycles. The van der Waals surface area contributed by atoms with Crippen molar-refractivity contribution in [2.45, 2.75) is 38.1 Å². The van der Waals surface area contributed by atoms with Crippen molar-refractivity contribution in [3.8, 4) is 0 Å². The Morgan fingerprint density at radius 2 is 2.08 bits per heavy atom. The molecule has 0 bridgehead atoms. The molecular weight excluding hydrogens is 186 g/mol. The Morgan fingerprint density at radius 3 is 2.69 bits per heavy atom. The van der Waals surface area contributed by atoms with Crippen LogP contribution in [0.15, 0.2) is 0 Å². The van der Waals surface area contributed by atoms with Gasteiger partial charge >= 0.3 is 0 Å². The summed E-state index contributed by atoms with van der Waals surface area (Å²) in [6.07, 6.45) is 5.69. The van der Waals surface area contributed by atoms with Gasteiger partial charge in [-0.3, -0.25) is 4.79 Å². The second-order valence-electron chi connectivity index (χ2n) is 4.11. The van der Waals surface area contributed by atoms with E-state index in [1.165, 1.54) is 6.42 Å². The summed E-state index contributed by atoms with van der Waals surface area (Å²) < 4.78 is 0. The molecule has 0 aromatic rings. The van der Waals surface area contributed by atoms with Crippen LogP contribution in [0, 0.1) is 5.92 Å². The summed E-state index contributed by atoms with van der Waals surface area (Å²) in [6, 6.07) is 0.323. The molecule has 2 aliphatic rings. The highest BCUT2D eigenvalue weighted by Gasteiger charge is 2.36. The first-order chi connectivity index (χ1) is 6.33. The van der Waals surface area contributed by atoms with Crippen LogP contribution in [0.3, 0.4) is 0 Å². The van der Waals surface area contributed by atoms with Crippen molar-refractivity contribution in [2.75, 3.05) is 12.4 Å². The Kier molecular flexibility index (Phi) is 2.77. The van der Waals surface area contributed by atoms with Crippen molar-refractivity contribution in [1.82, 2.24) is 4.90 Å². The van der Waals surface area contributed by atoms with Gasteiger partial charge in [0, 0.05) is 24.4 Å². The Balaban J connectivity index is 1.96. The van der Waals surface area contributed by atoms with Gasteiger partial charge in [-0.1, -0.05) is 0 Å². The zero-order chi connectivity index (χ0) is 9.26. The summed E-state index contributed by atoms with van der Waals surface area (Å²) in [4.78, 5) is 13.8. The lowest BCUT2D eigenvalue weighted by Crippen LogP contribution is -2.45. The van der Waals surface area contributed by atoms with Crippen molar-refractivity contribution in [3.05, 3.63) is 0 Å². The molecule has 1 saturated heterocycles. The number of alkyl halides is 1. The van der Waals surface area contributed by atoms with E-state index in [1.807, 2.05) is 4.90 Å². The Hall–Kier alpha value is -0.240. The number of hydrogen-bond acceptors (Lipinski definition) is 1. The number of halogens is 1. The molecule has 1 atom stereocenters. The van der Waals surface area contributed by atoms with E-state index in [-0.39, 0.29) is 0 Å². The lowest BCUT2D eigenvalue weighted by atomic mass is 10.0. The molecule has 2 nitrogen and oxygen atoms in total. The van der Waals surface area contributed by atoms with Crippen molar-refractivity contribution in [2.24, 2.45) is 5.92 Å². The van der Waals surface area contributed by atoms with Gasteiger partial charge in [-0.05, 0) is 32.1 Å². The molecule has 0 radical (unpaired) electrons. The molecule has 2 fully saturated rings. The average molecular weight is 202 g/mol. The maximum Gasteiger partial charge on any atom is 0.225 e. The zero-order valence-corrected chi connectivity index (χ0v) is 8.59. The molecule has 3 heteroatoms. The van der Waals surface area contributed by atoms with Gasteiger partial charge < -0.3 is 4.90 Å². The molecule has 0 aromatic carbocycles. The maximum absolute atomic E-state index is 11.8. The summed E-state index contributed by atoms with van der Waals surface area (Å²) >= 11 is 5.85. The monoisotopic (exact) mass is 201 g/mol. The summed E-state index contributed by atoms with van der Waals surface area (Å²) in [5.41, 5.74) is 0. The van der Waals surface area contributed by atoms with Gasteiger partial charge in [0.05, 0.1) is 0 Å². The lowest BCUT2D eigenvalue weighted by Gasteiger charge is -2.34. The Morgan fingerprint density at radius 1 is 1.31 bits per heavy atom. The molecule has 1 aliphatic carbocycles. The first-order valence-corrected chi connectivity index (χ1v) is 5.73. The predicted molar refractivity (Wildman–Crippen MR) is 52.8 cm³/mol. The second kappa shape index (κ2) is 3.87. The van der Waals surface area contributed by atoms with E-state index in [0.717, 1.165) is 32.2 Å². The van der Waals surface area contributed by atoms with E-state index in [4.69, 9.17) is 11.6 Å². The number of carbonyl (C=O) groups excluding carboxylic acids is 1. The quantitative estimate of drug-likeness (QED) is 0.626. The van der Waals surface area contributed by atoms with Crippen molar-refractivity contribution >= 4 is 17.5 Å². The van der Waals surface area contributed by atoms with E-state index in [2.05, 4.69) is 0 Å². The Labute approximate surface area is 84.2 Å². The van der Waals surface area contributed by atoms with Crippen molar-refractivity contribution in [1.29, 1.82) is 0 Å². The minimum atomic E-state index is 0.323. The molecule has 0 N–H and O–H groups in total. The first-order valence-electron chi connectivity index (χ1n) is 5.19. The maximum atomic E-state index is 11.8. The zero-order valence-electron chi connectivity index (χ0n) is 7.84. The second-order valence-corrected chi connectivity index (χ2v) is 4.42. The number of carbonyl (C=O) groups is 1. The molecule has 2 rings (SSSR count). The van der Waals surface area contributed by atoms with E-state index >= 15 is 0 Å². The highest BCUT2D eigenvalue weighted by molar-refractivity contribution is 6.18. The highest BCUT2D eigenvalue weighted by Crippen LogP contribution is 2.33. The molecule has 1 saturated carbocycles. The minimum absolute atomic E-state index is 0.323. The van der Waals surface area contributed by atoms with Gasteiger partial charge in [-0.25, -0.2) is 0 Å². The minimum Gasteiger partial charge on any atom is -0.338 e. The fourth-order valence-corrected chi connectivity index (χ4v) is 2.34.